The van der Waals surface area contributed by atoms with Crippen molar-refractivity contribution in [2.75, 3.05) is 5.32 Å². The van der Waals surface area contributed by atoms with Crippen LogP contribution in [0, 0.1) is 5.92 Å². The Kier molecular flexibility index (Phi) is 3.85. The van der Waals surface area contributed by atoms with Crippen LogP contribution in [0.25, 0.3) is 0 Å². The van der Waals surface area contributed by atoms with Gasteiger partial charge in [0, 0.05) is 11.6 Å². The summed E-state index contributed by atoms with van der Waals surface area (Å²) in [6.07, 6.45) is 1.06. The van der Waals surface area contributed by atoms with Crippen molar-refractivity contribution < 1.29 is 24.5 Å². The van der Waals surface area contributed by atoms with Crippen molar-refractivity contribution in [2.45, 2.75) is 38.9 Å². The number of rotatable bonds is 0. The number of phenols is 1. The van der Waals surface area contributed by atoms with Gasteiger partial charge in [0.1, 0.15) is 17.6 Å². The zero-order valence-electron chi connectivity index (χ0n) is 13.0. The highest BCUT2D eigenvalue weighted by atomic mass is 16.5. The Bertz CT molecular complexity index is 709. The van der Waals surface area contributed by atoms with Gasteiger partial charge >= 0.3 is 0 Å². The topological polar surface area (TPSA) is 95.9 Å². The first kappa shape index (κ1) is 15.6. The summed E-state index contributed by atoms with van der Waals surface area (Å²) in [6.45, 7) is 3.15. The minimum absolute atomic E-state index is 0.00153. The maximum absolute atomic E-state index is 12.3. The second-order valence-electron chi connectivity index (χ2n) is 6.09. The molecule has 2 aliphatic rings. The molecular weight excluding hydrogens is 298 g/mol. The summed E-state index contributed by atoms with van der Waals surface area (Å²) in [5.41, 5.74) is 1.42. The van der Waals surface area contributed by atoms with Gasteiger partial charge in [-0.05, 0) is 44.4 Å². The second-order valence-corrected chi connectivity index (χ2v) is 6.09. The molecule has 1 aromatic rings. The van der Waals surface area contributed by atoms with E-state index in [1.165, 1.54) is 13.0 Å². The standard InChI is InChI=1S/C17H19NO5/c1-8-5-14-13(20)4-3-10-6-11(19)7-12(16(10)23-14)18-17(22)9(2)15(8)21/h5-7,9,13-14,19-20H,3-4H2,1-2H3,(H,18,22)/b8-5-/t9-,13+,14-/m1/s1. The molecular formula is C17H19NO5. The third kappa shape index (κ3) is 2.82. The Balaban J connectivity index is 2.18. The third-order valence-electron chi connectivity index (χ3n) is 4.34. The Morgan fingerprint density at radius 3 is 2.78 bits per heavy atom. The van der Waals surface area contributed by atoms with Crippen molar-refractivity contribution in [1.29, 1.82) is 0 Å². The molecule has 1 aromatic carbocycles. The van der Waals surface area contributed by atoms with Gasteiger partial charge in [0.2, 0.25) is 5.91 Å². The van der Waals surface area contributed by atoms with E-state index in [2.05, 4.69) is 5.32 Å². The molecule has 0 spiro atoms. The summed E-state index contributed by atoms with van der Waals surface area (Å²) in [7, 11) is 0. The molecule has 0 aliphatic carbocycles. The van der Waals surface area contributed by atoms with E-state index in [1.54, 1.807) is 19.1 Å². The SMILES string of the molecule is C/C1=C/[C@H]2Oc3c(cc(O)cc3NC(=O)[C@H](C)C1=O)CC[C@@H]2O. The monoisotopic (exact) mass is 317 g/mol. The van der Waals surface area contributed by atoms with Crippen LogP contribution in [0.15, 0.2) is 23.8 Å². The predicted molar refractivity (Wildman–Crippen MR) is 83.4 cm³/mol. The Hall–Kier alpha value is -2.34. The highest BCUT2D eigenvalue weighted by molar-refractivity contribution is 6.13. The van der Waals surface area contributed by atoms with Gasteiger partial charge in [-0.2, -0.15) is 0 Å². The average molecular weight is 317 g/mol. The van der Waals surface area contributed by atoms with Gasteiger partial charge in [0.25, 0.3) is 0 Å². The van der Waals surface area contributed by atoms with Crippen molar-refractivity contribution in [2.24, 2.45) is 5.92 Å². The first-order valence-electron chi connectivity index (χ1n) is 7.61. The smallest absolute Gasteiger partial charge is 0.235 e. The molecule has 3 N–H and O–H groups in total. The van der Waals surface area contributed by atoms with E-state index in [-0.39, 0.29) is 11.5 Å². The number of aliphatic hydroxyl groups is 1. The van der Waals surface area contributed by atoms with E-state index in [0.717, 1.165) is 0 Å². The largest absolute Gasteiger partial charge is 0.508 e. The number of Topliss-reactive ketones (excluding diaryl/α,β-unsaturated/α-hetero) is 1. The van der Waals surface area contributed by atoms with Crippen molar-refractivity contribution in [3.8, 4) is 11.5 Å². The lowest BCUT2D eigenvalue weighted by molar-refractivity contribution is -0.128. The molecule has 0 saturated heterocycles. The summed E-state index contributed by atoms with van der Waals surface area (Å²) in [6, 6.07) is 2.96. The zero-order chi connectivity index (χ0) is 16.7. The molecule has 0 saturated carbocycles. The number of benzene rings is 1. The fourth-order valence-corrected chi connectivity index (χ4v) is 2.95. The number of aryl methyl sites for hydroxylation is 1. The number of amides is 1. The molecule has 2 heterocycles. The molecule has 6 nitrogen and oxygen atoms in total. The first-order valence-corrected chi connectivity index (χ1v) is 7.61. The number of anilines is 1. The Morgan fingerprint density at radius 1 is 1.30 bits per heavy atom. The summed E-state index contributed by atoms with van der Waals surface area (Å²) in [5, 5.41) is 22.8. The van der Waals surface area contributed by atoms with Gasteiger partial charge < -0.3 is 20.3 Å². The van der Waals surface area contributed by atoms with Gasteiger partial charge in [-0.25, -0.2) is 0 Å². The lowest BCUT2D eigenvalue weighted by Crippen LogP contribution is -2.33. The fraction of sp³-hybridized carbons (Fsp3) is 0.412. The molecule has 3 rings (SSSR count). The number of ketones is 1. The van der Waals surface area contributed by atoms with Gasteiger partial charge in [-0.3, -0.25) is 9.59 Å². The van der Waals surface area contributed by atoms with Gasteiger partial charge in [0.15, 0.2) is 5.78 Å². The van der Waals surface area contributed by atoms with Crippen LogP contribution in [0.1, 0.15) is 25.8 Å². The molecule has 3 atom stereocenters. The van der Waals surface area contributed by atoms with Crippen LogP contribution in [0.4, 0.5) is 5.69 Å². The van der Waals surface area contributed by atoms with Crippen molar-refractivity contribution in [1.82, 2.24) is 0 Å². The number of hydrogen-bond acceptors (Lipinski definition) is 5. The quantitative estimate of drug-likeness (QED) is 0.631. The molecule has 23 heavy (non-hydrogen) atoms. The number of nitrogens with one attached hydrogen (secondary N) is 1. The summed E-state index contributed by atoms with van der Waals surface area (Å²) in [5.74, 6) is -1.20. The molecule has 122 valence electrons. The van der Waals surface area contributed by atoms with Gasteiger partial charge in [-0.15, -0.1) is 0 Å². The van der Waals surface area contributed by atoms with Crippen LogP contribution in [0.5, 0.6) is 11.5 Å². The normalized spacial score (nSPS) is 29.7. The molecule has 0 unspecified atom stereocenters. The number of carbonyl (C=O) groups is 2. The van der Waals surface area contributed by atoms with Crippen LogP contribution in [0.3, 0.4) is 0 Å². The van der Waals surface area contributed by atoms with E-state index in [1.807, 2.05) is 0 Å². The maximum Gasteiger partial charge on any atom is 0.235 e. The molecule has 1 amide bonds. The highest BCUT2D eigenvalue weighted by Crippen LogP contribution is 2.38. The van der Waals surface area contributed by atoms with E-state index in [0.29, 0.717) is 35.4 Å². The molecule has 2 aliphatic heterocycles. The average Bonchev–Trinajstić information content (AvgIpc) is 2.65. The summed E-state index contributed by atoms with van der Waals surface area (Å²) in [4.78, 5) is 24.6. The van der Waals surface area contributed by atoms with E-state index < -0.39 is 24.0 Å². The van der Waals surface area contributed by atoms with Crippen LogP contribution in [-0.4, -0.2) is 34.1 Å². The van der Waals surface area contributed by atoms with Crippen LogP contribution >= 0.6 is 0 Å². The van der Waals surface area contributed by atoms with Gasteiger partial charge in [-0.1, -0.05) is 0 Å². The van der Waals surface area contributed by atoms with E-state index in [9.17, 15) is 19.8 Å². The van der Waals surface area contributed by atoms with E-state index in [4.69, 9.17) is 4.74 Å². The first-order chi connectivity index (χ1) is 10.9. The zero-order valence-corrected chi connectivity index (χ0v) is 13.0. The number of carbonyl (C=O) groups excluding carboxylic acids is 2. The van der Waals surface area contributed by atoms with Gasteiger partial charge in [0.05, 0.1) is 17.7 Å². The van der Waals surface area contributed by atoms with Crippen LogP contribution in [-0.2, 0) is 16.0 Å². The van der Waals surface area contributed by atoms with E-state index >= 15 is 0 Å². The minimum Gasteiger partial charge on any atom is -0.508 e. The minimum atomic E-state index is -0.860. The molecule has 6 heteroatoms. The molecule has 0 fully saturated rings. The molecule has 0 radical (unpaired) electrons. The van der Waals surface area contributed by atoms with Crippen molar-refractivity contribution in [3.63, 3.8) is 0 Å². The number of ether oxygens (including phenoxy) is 1. The maximum atomic E-state index is 12.3. The number of phenolic OH excluding ortho intramolecular Hbond substituents is 1. The summed E-state index contributed by atoms with van der Waals surface area (Å²) < 4.78 is 5.88. The number of allylic oxidation sites excluding steroid dienone is 1. The fourth-order valence-electron chi connectivity index (χ4n) is 2.95. The number of hydrogen-bond donors (Lipinski definition) is 3. The number of aliphatic hydroxyl groups excluding tert-OH is 1. The van der Waals surface area contributed by atoms with Crippen molar-refractivity contribution >= 4 is 17.4 Å². The lowest BCUT2D eigenvalue weighted by atomic mass is 9.96. The van der Waals surface area contributed by atoms with Crippen LogP contribution in [0.2, 0.25) is 0 Å². The third-order valence-corrected chi connectivity index (χ3v) is 4.34. The lowest BCUT2D eigenvalue weighted by Gasteiger charge is -2.24. The highest BCUT2D eigenvalue weighted by Gasteiger charge is 2.31. The number of fused-ring (bicyclic) bond motifs is 1. The van der Waals surface area contributed by atoms with Crippen LogP contribution < -0.4 is 10.1 Å². The summed E-state index contributed by atoms with van der Waals surface area (Å²) >= 11 is 0. The molecule has 2 bridgehead atoms. The second kappa shape index (κ2) is 5.70. The predicted octanol–water partition coefficient (Wildman–Crippen LogP) is 1.55. The Labute approximate surface area is 133 Å². The van der Waals surface area contributed by atoms with Crippen molar-refractivity contribution in [3.05, 3.63) is 29.3 Å². The number of aromatic hydroxyl groups is 1. The Morgan fingerprint density at radius 2 is 2.04 bits per heavy atom. The molecule has 0 aromatic heterocycles.